The molecule has 1 N–H and O–H groups in total. The summed E-state index contributed by atoms with van der Waals surface area (Å²) in [5.74, 6) is -0.465. The molecular weight excluding hydrogens is 384 g/mol. The van der Waals surface area contributed by atoms with Crippen LogP contribution >= 0.6 is 11.3 Å². The molecule has 0 spiro atoms. The molecule has 140 valence electrons. The molecule has 0 aliphatic heterocycles. The molecule has 1 heterocycles. The number of nitrogens with zero attached hydrogens (tertiary/aromatic N) is 1. The SMILES string of the molecule is COc1ccc(-c2csc(NC(=O)CS(=O)(=O)c3ccccc3)n2)cc1C. The Bertz CT molecular complexity index is 1060. The number of amides is 1. The fourth-order valence-corrected chi connectivity index (χ4v) is 4.43. The van der Waals surface area contributed by atoms with Crippen molar-refractivity contribution < 1.29 is 17.9 Å². The molecule has 3 rings (SSSR count). The molecule has 8 heteroatoms. The van der Waals surface area contributed by atoms with Crippen molar-refractivity contribution in [3.8, 4) is 17.0 Å². The summed E-state index contributed by atoms with van der Waals surface area (Å²) in [6, 6.07) is 13.6. The van der Waals surface area contributed by atoms with Crippen molar-refractivity contribution in [2.75, 3.05) is 18.2 Å². The highest BCUT2D eigenvalue weighted by atomic mass is 32.2. The second-order valence-corrected chi connectivity index (χ2v) is 8.69. The molecule has 1 aromatic heterocycles. The van der Waals surface area contributed by atoms with E-state index < -0.39 is 21.5 Å². The van der Waals surface area contributed by atoms with Crippen LogP contribution in [0.4, 0.5) is 5.13 Å². The largest absolute Gasteiger partial charge is 0.496 e. The number of sulfone groups is 1. The van der Waals surface area contributed by atoms with Crippen molar-refractivity contribution >= 4 is 32.2 Å². The Balaban J connectivity index is 1.70. The van der Waals surface area contributed by atoms with Gasteiger partial charge in [-0.25, -0.2) is 13.4 Å². The Hall–Kier alpha value is -2.71. The van der Waals surface area contributed by atoms with Crippen molar-refractivity contribution in [1.82, 2.24) is 4.98 Å². The Kier molecular flexibility index (Phi) is 5.57. The number of hydrogen-bond donors (Lipinski definition) is 1. The summed E-state index contributed by atoms with van der Waals surface area (Å²) in [7, 11) is -2.07. The van der Waals surface area contributed by atoms with E-state index in [0.29, 0.717) is 10.8 Å². The molecule has 0 saturated heterocycles. The van der Waals surface area contributed by atoms with E-state index in [1.54, 1.807) is 25.3 Å². The molecule has 3 aromatic rings. The summed E-state index contributed by atoms with van der Waals surface area (Å²) in [4.78, 5) is 16.6. The van der Waals surface area contributed by atoms with Crippen LogP contribution in [0.3, 0.4) is 0 Å². The van der Waals surface area contributed by atoms with Gasteiger partial charge in [0.1, 0.15) is 11.5 Å². The molecule has 0 aliphatic carbocycles. The zero-order chi connectivity index (χ0) is 19.4. The van der Waals surface area contributed by atoms with E-state index >= 15 is 0 Å². The van der Waals surface area contributed by atoms with E-state index in [4.69, 9.17) is 4.74 Å². The van der Waals surface area contributed by atoms with Crippen LogP contribution in [-0.2, 0) is 14.6 Å². The smallest absolute Gasteiger partial charge is 0.241 e. The van der Waals surface area contributed by atoms with Gasteiger partial charge in [0, 0.05) is 10.9 Å². The number of ether oxygens (including phenoxy) is 1. The number of aryl methyl sites for hydroxylation is 1. The maximum Gasteiger partial charge on any atom is 0.241 e. The third kappa shape index (κ3) is 4.53. The third-order valence-corrected chi connectivity index (χ3v) is 6.25. The first kappa shape index (κ1) is 19.1. The molecule has 0 atom stereocenters. The van der Waals surface area contributed by atoms with Gasteiger partial charge < -0.3 is 10.1 Å². The number of benzene rings is 2. The molecule has 1 amide bonds. The highest BCUT2D eigenvalue weighted by molar-refractivity contribution is 7.92. The first-order chi connectivity index (χ1) is 12.9. The highest BCUT2D eigenvalue weighted by Crippen LogP contribution is 2.28. The molecular formula is C19H18N2O4S2. The minimum Gasteiger partial charge on any atom is -0.496 e. The van der Waals surface area contributed by atoms with Crippen molar-refractivity contribution in [1.29, 1.82) is 0 Å². The van der Waals surface area contributed by atoms with E-state index in [9.17, 15) is 13.2 Å². The number of methoxy groups -OCH3 is 1. The lowest BCUT2D eigenvalue weighted by Crippen LogP contribution is -2.22. The summed E-state index contributed by atoms with van der Waals surface area (Å²) in [5, 5.41) is 4.72. The van der Waals surface area contributed by atoms with Crippen LogP contribution in [0.2, 0.25) is 0 Å². The molecule has 27 heavy (non-hydrogen) atoms. The number of thiazole rings is 1. The van der Waals surface area contributed by atoms with Crippen LogP contribution in [0.15, 0.2) is 58.8 Å². The highest BCUT2D eigenvalue weighted by Gasteiger charge is 2.20. The zero-order valence-electron chi connectivity index (χ0n) is 14.8. The van der Waals surface area contributed by atoms with Crippen LogP contribution in [-0.4, -0.2) is 32.2 Å². The van der Waals surface area contributed by atoms with E-state index in [1.807, 2.05) is 30.5 Å². The maximum absolute atomic E-state index is 12.3. The third-order valence-electron chi connectivity index (χ3n) is 3.86. The predicted octanol–water partition coefficient (Wildman–Crippen LogP) is 3.54. The topological polar surface area (TPSA) is 85.4 Å². The first-order valence-corrected chi connectivity index (χ1v) is 10.6. The van der Waals surface area contributed by atoms with Gasteiger partial charge >= 0.3 is 0 Å². The number of carbonyl (C=O) groups is 1. The average molecular weight is 402 g/mol. The lowest BCUT2D eigenvalue weighted by molar-refractivity contribution is -0.113. The molecule has 0 saturated carbocycles. The van der Waals surface area contributed by atoms with E-state index in [2.05, 4.69) is 10.3 Å². The number of carbonyl (C=O) groups excluding carboxylic acids is 1. The molecule has 0 unspecified atom stereocenters. The second-order valence-electron chi connectivity index (χ2n) is 5.84. The van der Waals surface area contributed by atoms with Gasteiger partial charge in [-0.3, -0.25) is 4.79 Å². The standard InChI is InChI=1S/C19H18N2O4S2/c1-13-10-14(8-9-17(13)25-2)16-11-26-19(20-16)21-18(22)12-27(23,24)15-6-4-3-5-7-15/h3-11H,12H2,1-2H3,(H,20,21,22). The molecule has 0 radical (unpaired) electrons. The van der Waals surface area contributed by atoms with Crippen molar-refractivity contribution in [2.24, 2.45) is 0 Å². The number of hydrogen-bond acceptors (Lipinski definition) is 6. The second kappa shape index (κ2) is 7.89. The summed E-state index contributed by atoms with van der Waals surface area (Å²) < 4.78 is 29.8. The van der Waals surface area contributed by atoms with Gasteiger partial charge in [-0.1, -0.05) is 18.2 Å². The van der Waals surface area contributed by atoms with Gasteiger partial charge in [-0.2, -0.15) is 0 Å². The maximum atomic E-state index is 12.3. The molecule has 0 fully saturated rings. The minimum atomic E-state index is -3.69. The van der Waals surface area contributed by atoms with Gasteiger partial charge in [0.05, 0.1) is 17.7 Å². The van der Waals surface area contributed by atoms with Crippen LogP contribution in [0.5, 0.6) is 5.75 Å². The quantitative estimate of drug-likeness (QED) is 0.682. The van der Waals surface area contributed by atoms with Gasteiger partial charge in [0.2, 0.25) is 5.91 Å². The van der Waals surface area contributed by atoms with Crippen molar-refractivity contribution in [3.05, 3.63) is 59.5 Å². The predicted molar refractivity (Wildman–Crippen MR) is 106 cm³/mol. The number of rotatable bonds is 6. The van der Waals surface area contributed by atoms with Crippen molar-refractivity contribution in [3.63, 3.8) is 0 Å². The Labute approximate surface area is 161 Å². The Morgan fingerprint density at radius 3 is 2.59 bits per heavy atom. The fraction of sp³-hybridized carbons (Fsp3) is 0.158. The van der Waals surface area contributed by atoms with E-state index in [-0.39, 0.29) is 4.90 Å². The Morgan fingerprint density at radius 1 is 1.19 bits per heavy atom. The van der Waals surface area contributed by atoms with Gasteiger partial charge in [-0.15, -0.1) is 11.3 Å². The van der Waals surface area contributed by atoms with Crippen LogP contribution in [0, 0.1) is 6.92 Å². The van der Waals surface area contributed by atoms with E-state index in [1.165, 1.54) is 23.5 Å². The molecule has 0 bridgehead atoms. The lowest BCUT2D eigenvalue weighted by Gasteiger charge is -2.06. The average Bonchev–Trinajstić information content (AvgIpc) is 3.10. The van der Waals surface area contributed by atoms with Crippen molar-refractivity contribution in [2.45, 2.75) is 11.8 Å². The summed E-state index contributed by atoms with van der Waals surface area (Å²) in [6.07, 6.45) is 0. The molecule has 0 aliphatic rings. The number of nitrogens with one attached hydrogen (secondary N) is 1. The normalized spacial score (nSPS) is 11.2. The van der Waals surface area contributed by atoms with Gasteiger partial charge in [0.25, 0.3) is 0 Å². The molecule has 6 nitrogen and oxygen atoms in total. The van der Waals surface area contributed by atoms with Gasteiger partial charge in [0.15, 0.2) is 15.0 Å². The summed E-state index contributed by atoms with van der Waals surface area (Å²) in [6.45, 7) is 1.94. The minimum absolute atomic E-state index is 0.119. The zero-order valence-corrected chi connectivity index (χ0v) is 16.4. The molecule has 2 aromatic carbocycles. The van der Waals surface area contributed by atoms with E-state index in [0.717, 1.165) is 16.9 Å². The summed E-state index contributed by atoms with van der Waals surface area (Å²) >= 11 is 1.24. The van der Waals surface area contributed by atoms with Crippen LogP contribution < -0.4 is 10.1 Å². The Morgan fingerprint density at radius 2 is 1.93 bits per heavy atom. The van der Waals surface area contributed by atoms with Gasteiger partial charge in [-0.05, 0) is 42.8 Å². The van der Waals surface area contributed by atoms with Crippen LogP contribution in [0.25, 0.3) is 11.3 Å². The lowest BCUT2D eigenvalue weighted by atomic mass is 10.1. The monoisotopic (exact) mass is 402 g/mol. The number of aromatic nitrogens is 1. The fourth-order valence-electron chi connectivity index (χ4n) is 2.54. The number of anilines is 1. The van der Waals surface area contributed by atoms with Crippen LogP contribution in [0.1, 0.15) is 5.56 Å². The summed E-state index contributed by atoms with van der Waals surface area (Å²) in [5.41, 5.74) is 2.57. The first-order valence-electron chi connectivity index (χ1n) is 8.07.